The highest BCUT2D eigenvalue weighted by Gasteiger charge is 2.21. The van der Waals surface area contributed by atoms with Crippen LogP contribution in [0.25, 0.3) is 0 Å². The third-order valence-electron chi connectivity index (χ3n) is 3.57. The number of nitrogens with zero attached hydrogens (tertiary/aromatic N) is 4. The standard InChI is InChI=1S/C13H23N5O/c1-4-10-6-8-18(9-7-10)12-15-11(14-3)16-13(17-12)19-5-2/h10H,4-9H2,1-3H3,(H,14,15,16,17). The van der Waals surface area contributed by atoms with E-state index in [2.05, 4.69) is 32.1 Å². The summed E-state index contributed by atoms with van der Waals surface area (Å²) in [4.78, 5) is 15.2. The molecule has 1 saturated heterocycles. The van der Waals surface area contributed by atoms with Gasteiger partial charge in [0.2, 0.25) is 11.9 Å². The van der Waals surface area contributed by atoms with Crippen LogP contribution in [0.4, 0.5) is 11.9 Å². The lowest BCUT2D eigenvalue weighted by Gasteiger charge is -2.31. The van der Waals surface area contributed by atoms with E-state index in [1.165, 1.54) is 19.3 Å². The molecule has 0 spiro atoms. The van der Waals surface area contributed by atoms with Gasteiger partial charge in [0.15, 0.2) is 0 Å². The van der Waals surface area contributed by atoms with Crippen molar-refractivity contribution in [1.29, 1.82) is 0 Å². The minimum Gasteiger partial charge on any atom is -0.464 e. The van der Waals surface area contributed by atoms with Crippen LogP contribution in [0.15, 0.2) is 0 Å². The molecule has 0 radical (unpaired) electrons. The van der Waals surface area contributed by atoms with E-state index in [1.807, 2.05) is 6.92 Å². The molecule has 1 N–H and O–H groups in total. The molecule has 6 nitrogen and oxygen atoms in total. The van der Waals surface area contributed by atoms with Gasteiger partial charge in [-0.2, -0.15) is 15.0 Å². The lowest BCUT2D eigenvalue weighted by Crippen LogP contribution is -2.35. The molecule has 106 valence electrons. The van der Waals surface area contributed by atoms with Gasteiger partial charge in [0, 0.05) is 20.1 Å². The van der Waals surface area contributed by atoms with Crippen LogP contribution in [0, 0.1) is 5.92 Å². The highest BCUT2D eigenvalue weighted by atomic mass is 16.5. The molecule has 0 atom stereocenters. The van der Waals surface area contributed by atoms with Gasteiger partial charge in [-0.1, -0.05) is 13.3 Å². The first-order chi connectivity index (χ1) is 9.26. The number of nitrogens with one attached hydrogen (secondary N) is 1. The average Bonchev–Trinajstić information content (AvgIpc) is 2.47. The minimum absolute atomic E-state index is 0.398. The van der Waals surface area contributed by atoms with E-state index in [4.69, 9.17) is 4.74 Å². The molecule has 0 saturated carbocycles. The highest BCUT2D eigenvalue weighted by Crippen LogP contribution is 2.24. The Labute approximate surface area is 114 Å². The summed E-state index contributed by atoms with van der Waals surface area (Å²) in [6, 6.07) is 0.398. The van der Waals surface area contributed by atoms with E-state index in [0.29, 0.717) is 18.6 Å². The SMILES string of the molecule is CCOc1nc(NC)nc(N2CCC(CC)CC2)n1. The van der Waals surface area contributed by atoms with Crippen molar-refractivity contribution >= 4 is 11.9 Å². The third-order valence-corrected chi connectivity index (χ3v) is 3.57. The van der Waals surface area contributed by atoms with Crippen molar-refractivity contribution in [3.8, 4) is 6.01 Å². The Balaban J connectivity index is 2.12. The fourth-order valence-electron chi connectivity index (χ4n) is 2.33. The smallest absolute Gasteiger partial charge is 0.323 e. The Morgan fingerprint density at radius 1 is 1.21 bits per heavy atom. The third kappa shape index (κ3) is 3.45. The van der Waals surface area contributed by atoms with Crippen molar-refractivity contribution in [3.63, 3.8) is 0 Å². The molecule has 0 aromatic carbocycles. The summed E-state index contributed by atoms with van der Waals surface area (Å²) in [5, 5.41) is 2.96. The predicted octanol–water partition coefficient (Wildman–Crippen LogP) is 1.94. The normalized spacial score (nSPS) is 16.5. The van der Waals surface area contributed by atoms with Gasteiger partial charge >= 0.3 is 6.01 Å². The summed E-state index contributed by atoms with van der Waals surface area (Å²) in [6.45, 7) is 6.77. The van der Waals surface area contributed by atoms with Crippen molar-refractivity contribution in [3.05, 3.63) is 0 Å². The fraction of sp³-hybridized carbons (Fsp3) is 0.769. The van der Waals surface area contributed by atoms with Gasteiger partial charge in [0.1, 0.15) is 0 Å². The quantitative estimate of drug-likeness (QED) is 0.877. The van der Waals surface area contributed by atoms with E-state index in [1.54, 1.807) is 7.05 Å². The first-order valence-electron chi connectivity index (χ1n) is 7.08. The number of piperidine rings is 1. The van der Waals surface area contributed by atoms with E-state index in [0.717, 1.165) is 25.0 Å². The molecule has 19 heavy (non-hydrogen) atoms. The van der Waals surface area contributed by atoms with Crippen LogP contribution in [-0.2, 0) is 0 Å². The van der Waals surface area contributed by atoms with Gasteiger partial charge in [-0.15, -0.1) is 0 Å². The molecule has 1 aliphatic heterocycles. The van der Waals surface area contributed by atoms with E-state index in [-0.39, 0.29) is 0 Å². The second kappa shape index (κ2) is 6.54. The van der Waals surface area contributed by atoms with Crippen LogP contribution in [0.3, 0.4) is 0 Å². The van der Waals surface area contributed by atoms with Crippen molar-refractivity contribution in [2.75, 3.05) is 37.0 Å². The largest absolute Gasteiger partial charge is 0.464 e. The Morgan fingerprint density at radius 3 is 2.53 bits per heavy atom. The Bertz CT molecular complexity index is 404. The second-order valence-corrected chi connectivity index (χ2v) is 4.76. The molecule has 0 unspecified atom stereocenters. The lowest BCUT2D eigenvalue weighted by molar-refractivity contribution is 0.311. The van der Waals surface area contributed by atoms with E-state index in [9.17, 15) is 0 Å². The topological polar surface area (TPSA) is 63.2 Å². The highest BCUT2D eigenvalue weighted by molar-refractivity contribution is 5.38. The zero-order valence-electron chi connectivity index (χ0n) is 12.0. The lowest BCUT2D eigenvalue weighted by atomic mass is 9.95. The maximum absolute atomic E-state index is 5.39. The van der Waals surface area contributed by atoms with Gasteiger partial charge in [0.05, 0.1) is 6.61 Å². The van der Waals surface area contributed by atoms with Crippen molar-refractivity contribution < 1.29 is 4.74 Å². The number of rotatable bonds is 5. The second-order valence-electron chi connectivity index (χ2n) is 4.76. The van der Waals surface area contributed by atoms with Gasteiger partial charge in [0.25, 0.3) is 0 Å². The zero-order valence-corrected chi connectivity index (χ0v) is 12.0. The average molecular weight is 265 g/mol. The molecular formula is C13H23N5O. The molecule has 6 heteroatoms. The maximum atomic E-state index is 5.39. The Hall–Kier alpha value is -1.59. The molecule has 0 amide bonds. The summed E-state index contributed by atoms with van der Waals surface area (Å²) in [5.74, 6) is 2.12. The molecule has 2 rings (SSSR count). The first kappa shape index (κ1) is 13.8. The molecule has 1 aliphatic rings. The molecule has 1 aromatic heterocycles. The van der Waals surface area contributed by atoms with E-state index < -0.39 is 0 Å². The molecule has 0 bridgehead atoms. The number of hydrogen-bond acceptors (Lipinski definition) is 6. The monoisotopic (exact) mass is 265 g/mol. The molecular weight excluding hydrogens is 242 g/mol. The van der Waals surface area contributed by atoms with Crippen LogP contribution >= 0.6 is 0 Å². The van der Waals surface area contributed by atoms with E-state index >= 15 is 0 Å². The Kier molecular flexibility index (Phi) is 4.76. The van der Waals surface area contributed by atoms with Gasteiger partial charge in [-0.3, -0.25) is 0 Å². The molecule has 2 heterocycles. The number of anilines is 2. The minimum atomic E-state index is 0.398. The van der Waals surface area contributed by atoms with Crippen LogP contribution in [0.2, 0.25) is 0 Å². The van der Waals surface area contributed by atoms with Crippen LogP contribution < -0.4 is 15.0 Å². The van der Waals surface area contributed by atoms with Crippen molar-refractivity contribution in [1.82, 2.24) is 15.0 Å². The first-order valence-corrected chi connectivity index (χ1v) is 7.08. The molecule has 0 aliphatic carbocycles. The summed E-state index contributed by atoms with van der Waals surface area (Å²) in [6.07, 6.45) is 3.68. The van der Waals surface area contributed by atoms with Crippen LogP contribution in [0.1, 0.15) is 33.1 Å². The fourth-order valence-corrected chi connectivity index (χ4v) is 2.33. The van der Waals surface area contributed by atoms with Gasteiger partial charge in [-0.25, -0.2) is 0 Å². The summed E-state index contributed by atoms with van der Waals surface area (Å²) < 4.78 is 5.39. The molecule has 1 fully saturated rings. The predicted molar refractivity (Wildman–Crippen MR) is 75.8 cm³/mol. The van der Waals surface area contributed by atoms with Gasteiger partial charge in [-0.05, 0) is 25.7 Å². The number of hydrogen-bond donors (Lipinski definition) is 1. The zero-order chi connectivity index (χ0) is 13.7. The summed E-state index contributed by atoms with van der Waals surface area (Å²) in [5.41, 5.74) is 0. The number of ether oxygens (including phenoxy) is 1. The molecule has 1 aromatic rings. The summed E-state index contributed by atoms with van der Waals surface area (Å²) >= 11 is 0. The maximum Gasteiger partial charge on any atom is 0.323 e. The van der Waals surface area contributed by atoms with Crippen LogP contribution in [0.5, 0.6) is 6.01 Å². The van der Waals surface area contributed by atoms with Crippen molar-refractivity contribution in [2.45, 2.75) is 33.1 Å². The summed E-state index contributed by atoms with van der Waals surface area (Å²) in [7, 11) is 1.80. The van der Waals surface area contributed by atoms with Gasteiger partial charge < -0.3 is 15.0 Å². The van der Waals surface area contributed by atoms with Crippen molar-refractivity contribution in [2.24, 2.45) is 5.92 Å². The number of aromatic nitrogens is 3. The van der Waals surface area contributed by atoms with Crippen LogP contribution in [-0.4, -0.2) is 41.7 Å². The Morgan fingerprint density at radius 2 is 1.95 bits per heavy atom.